The van der Waals surface area contributed by atoms with Crippen LogP contribution in [-0.4, -0.2) is 52.2 Å². The predicted molar refractivity (Wildman–Crippen MR) is 105 cm³/mol. The zero-order chi connectivity index (χ0) is 20.8. The van der Waals surface area contributed by atoms with Crippen molar-refractivity contribution in [2.75, 3.05) is 30.0 Å². The van der Waals surface area contributed by atoms with Crippen LogP contribution in [0.4, 0.5) is 16.0 Å². The van der Waals surface area contributed by atoms with Crippen molar-refractivity contribution in [1.82, 2.24) is 20.5 Å². The van der Waals surface area contributed by atoms with Crippen LogP contribution in [0.5, 0.6) is 0 Å². The maximum Gasteiger partial charge on any atom is 0.243 e. The van der Waals surface area contributed by atoms with Crippen molar-refractivity contribution in [3.8, 4) is 0 Å². The molecular weight excluding hydrogens is 379 g/mol. The van der Waals surface area contributed by atoms with Crippen molar-refractivity contribution in [2.45, 2.75) is 51.9 Å². The van der Waals surface area contributed by atoms with Gasteiger partial charge in [-0.2, -0.15) is 4.39 Å². The van der Waals surface area contributed by atoms with Crippen LogP contribution in [-0.2, 0) is 16.0 Å². The zero-order valence-corrected chi connectivity index (χ0v) is 16.7. The molecule has 1 saturated carbocycles. The molecule has 2 fully saturated rings. The molecule has 2 aliphatic rings. The van der Waals surface area contributed by atoms with E-state index >= 15 is 0 Å². The Morgan fingerprint density at radius 3 is 2.66 bits per heavy atom. The number of anilines is 2. The molecule has 1 atom stereocenters. The van der Waals surface area contributed by atoms with Crippen molar-refractivity contribution in [1.29, 1.82) is 0 Å². The van der Waals surface area contributed by atoms with Gasteiger partial charge in [0.25, 0.3) is 0 Å². The lowest BCUT2D eigenvalue weighted by Gasteiger charge is -2.32. The van der Waals surface area contributed by atoms with Gasteiger partial charge in [0.2, 0.25) is 18.1 Å². The molecular formula is C19H29FN6O3. The van der Waals surface area contributed by atoms with E-state index in [2.05, 4.69) is 20.8 Å². The average Bonchev–Trinajstić information content (AvgIpc) is 3.19. The number of hydrazine groups is 1. The van der Waals surface area contributed by atoms with Gasteiger partial charge in [0, 0.05) is 19.5 Å². The largest absolute Gasteiger partial charge is 0.354 e. The highest BCUT2D eigenvalue weighted by molar-refractivity contribution is 5.80. The molecule has 0 spiro atoms. The van der Waals surface area contributed by atoms with E-state index in [9.17, 15) is 19.2 Å². The van der Waals surface area contributed by atoms with E-state index in [0.29, 0.717) is 29.6 Å². The minimum absolute atomic E-state index is 0.0806. The SMILES string of the molecule is CCc1nc(NNC(=O)C(CC2CCCC2)CN(O)C=O)c(F)c(N2CCC2)n1. The Labute approximate surface area is 169 Å². The van der Waals surface area contributed by atoms with Gasteiger partial charge in [0.1, 0.15) is 5.82 Å². The molecule has 10 heteroatoms. The maximum absolute atomic E-state index is 14.8. The van der Waals surface area contributed by atoms with Crippen LogP contribution >= 0.6 is 0 Å². The van der Waals surface area contributed by atoms with Crippen LogP contribution in [0.1, 0.15) is 51.3 Å². The van der Waals surface area contributed by atoms with E-state index in [4.69, 9.17) is 0 Å². The summed E-state index contributed by atoms with van der Waals surface area (Å²) in [5.74, 6) is -0.606. The van der Waals surface area contributed by atoms with E-state index in [1.54, 1.807) is 0 Å². The first-order valence-corrected chi connectivity index (χ1v) is 10.3. The number of hydrogen-bond acceptors (Lipinski definition) is 7. The lowest BCUT2D eigenvalue weighted by atomic mass is 9.92. The van der Waals surface area contributed by atoms with Crippen molar-refractivity contribution in [3.63, 3.8) is 0 Å². The fourth-order valence-corrected chi connectivity index (χ4v) is 3.86. The first kappa shape index (κ1) is 21.2. The highest BCUT2D eigenvalue weighted by Crippen LogP contribution is 2.31. The second-order valence-corrected chi connectivity index (χ2v) is 7.74. The molecule has 1 aromatic heterocycles. The van der Waals surface area contributed by atoms with Gasteiger partial charge in [0.05, 0.1) is 12.5 Å². The van der Waals surface area contributed by atoms with Crippen molar-refractivity contribution in [2.24, 2.45) is 11.8 Å². The van der Waals surface area contributed by atoms with Gasteiger partial charge < -0.3 is 4.90 Å². The van der Waals surface area contributed by atoms with E-state index in [-0.39, 0.29) is 24.6 Å². The number of rotatable bonds is 10. The third-order valence-corrected chi connectivity index (χ3v) is 5.65. The normalized spacial score (nSPS) is 17.6. The Hall–Kier alpha value is -2.49. The van der Waals surface area contributed by atoms with E-state index in [1.165, 1.54) is 0 Å². The molecule has 2 amide bonds. The van der Waals surface area contributed by atoms with Gasteiger partial charge in [-0.1, -0.05) is 32.6 Å². The minimum Gasteiger partial charge on any atom is -0.354 e. The van der Waals surface area contributed by atoms with Gasteiger partial charge in [-0.25, -0.2) is 15.0 Å². The Morgan fingerprint density at radius 1 is 1.34 bits per heavy atom. The minimum atomic E-state index is -0.605. The molecule has 1 aliphatic heterocycles. The molecule has 29 heavy (non-hydrogen) atoms. The number of aromatic nitrogens is 2. The smallest absolute Gasteiger partial charge is 0.243 e. The number of nitrogens with zero attached hydrogens (tertiary/aromatic N) is 4. The Bertz CT molecular complexity index is 724. The molecule has 0 aromatic carbocycles. The number of carbonyl (C=O) groups is 2. The molecule has 2 heterocycles. The van der Waals surface area contributed by atoms with Crippen LogP contribution in [0.25, 0.3) is 0 Å². The van der Waals surface area contributed by atoms with Gasteiger partial charge in [-0.3, -0.25) is 25.6 Å². The van der Waals surface area contributed by atoms with Crippen molar-refractivity contribution < 1.29 is 19.2 Å². The third-order valence-electron chi connectivity index (χ3n) is 5.65. The molecule has 1 aromatic rings. The molecule has 0 bridgehead atoms. The summed E-state index contributed by atoms with van der Waals surface area (Å²) < 4.78 is 14.8. The van der Waals surface area contributed by atoms with Gasteiger partial charge in [-0.15, -0.1) is 0 Å². The second-order valence-electron chi connectivity index (χ2n) is 7.74. The van der Waals surface area contributed by atoms with Crippen LogP contribution < -0.4 is 15.8 Å². The summed E-state index contributed by atoms with van der Waals surface area (Å²) in [7, 11) is 0. The molecule has 0 radical (unpaired) electrons. The van der Waals surface area contributed by atoms with Gasteiger partial charge in [0.15, 0.2) is 11.6 Å². The number of nitrogens with one attached hydrogen (secondary N) is 2. The van der Waals surface area contributed by atoms with Crippen LogP contribution in [0.3, 0.4) is 0 Å². The first-order valence-electron chi connectivity index (χ1n) is 10.3. The summed E-state index contributed by atoms with van der Waals surface area (Å²) in [4.78, 5) is 33.7. The molecule has 1 saturated heterocycles. The molecule has 3 N–H and O–H groups in total. The zero-order valence-electron chi connectivity index (χ0n) is 16.7. The van der Waals surface area contributed by atoms with E-state index in [1.807, 2.05) is 11.8 Å². The second kappa shape index (κ2) is 9.82. The first-order chi connectivity index (χ1) is 14.0. The molecule has 1 aliphatic carbocycles. The standard InChI is InChI=1S/C19H29FN6O3/c1-2-15-21-17(16(20)18(22-15)25-8-5-9-25)23-24-19(28)14(11-26(29)12-27)10-13-6-3-4-7-13/h12-14,29H,2-11H2,1H3,(H,24,28)(H,21,22,23). The lowest BCUT2D eigenvalue weighted by molar-refractivity contribution is -0.154. The number of hydrogen-bond donors (Lipinski definition) is 3. The Morgan fingerprint density at radius 2 is 2.07 bits per heavy atom. The van der Waals surface area contributed by atoms with Gasteiger partial charge >= 0.3 is 0 Å². The fraction of sp³-hybridized carbons (Fsp3) is 0.684. The Kier molecular flexibility index (Phi) is 7.18. The monoisotopic (exact) mass is 408 g/mol. The molecule has 160 valence electrons. The number of halogens is 1. The topological polar surface area (TPSA) is 111 Å². The lowest BCUT2D eigenvalue weighted by Crippen LogP contribution is -2.42. The summed E-state index contributed by atoms with van der Waals surface area (Å²) in [6.07, 6.45) is 6.67. The van der Waals surface area contributed by atoms with Crippen LogP contribution in [0.2, 0.25) is 0 Å². The maximum atomic E-state index is 14.8. The van der Waals surface area contributed by atoms with Crippen molar-refractivity contribution >= 4 is 24.0 Å². The van der Waals surface area contributed by atoms with Crippen LogP contribution in [0.15, 0.2) is 0 Å². The summed E-state index contributed by atoms with van der Waals surface area (Å²) in [5, 5.41) is 10.0. The Balaban J connectivity index is 1.68. The number of aryl methyl sites for hydroxylation is 1. The molecule has 9 nitrogen and oxygen atoms in total. The quantitative estimate of drug-likeness (QED) is 0.308. The number of amides is 2. The highest BCUT2D eigenvalue weighted by atomic mass is 19.1. The average molecular weight is 408 g/mol. The number of carbonyl (C=O) groups excluding carboxylic acids is 2. The third kappa shape index (κ3) is 5.31. The molecule has 3 rings (SSSR count). The molecule has 1 unspecified atom stereocenters. The summed E-state index contributed by atoms with van der Waals surface area (Å²) in [5.41, 5.74) is 5.09. The van der Waals surface area contributed by atoms with E-state index in [0.717, 1.165) is 45.2 Å². The fourth-order valence-electron chi connectivity index (χ4n) is 3.86. The summed E-state index contributed by atoms with van der Waals surface area (Å²) in [6.45, 7) is 3.25. The number of hydroxylamine groups is 2. The summed E-state index contributed by atoms with van der Waals surface area (Å²) in [6, 6.07) is 0. The predicted octanol–water partition coefficient (Wildman–Crippen LogP) is 1.88. The highest BCUT2D eigenvalue weighted by Gasteiger charge is 2.28. The van der Waals surface area contributed by atoms with Gasteiger partial charge in [-0.05, 0) is 18.8 Å². The van der Waals surface area contributed by atoms with Crippen LogP contribution in [0, 0.1) is 17.7 Å². The summed E-state index contributed by atoms with van der Waals surface area (Å²) >= 11 is 0. The van der Waals surface area contributed by atoms with Crippen molar-refractivity contribution in [3.05, 3.63) is 11.6 Å². The van der Waals surface area contributed by atoms with E-state index < -0.39 is 17.6 Å².